The van der Waals surface area contributed by atoms with Crippen molar-refractivity contribution in [2.24, 2.45) is 5.92 Å². The van der Waals surface area contributed by atoms with Crippen molar-refractivity contribution in [1.29, 1.82) is 0 Å². The monoisotopic (exact) mass is 265 g/mol. The first-order valence-corrected chi connectivity index (χ1v) is 6.84. The number of hydrogen-bond donors (Lipinski definition) is 1. The van der Waals surface area contributed by atoms with E-state index in [1.165, 1.54) is 12.8 Å². The van der Waals surface area contributed by atoms with Crippen LogP contribution in [0.15, 0.2) is 12.5 Å². The summed E-state index contributed by atoms with van der Waals surface area (Å²) in [6.07, 6.45) is 5.85. The molecule has 0 spiro atoms. The fourth-order valence-electron chi connectivity index (χ4n) is 1.98. The molecule has 0 bridgehead atoms. The van der Waals surface area contributed by atoms with Crippen molar-refractivity contribution in [3.8, 4) is 0 Å². The first-order chi connectivity index (χ1) is 8.85. The summed E-state index contributed by atoms with van der Waals surface area (Å²) in [6, 6.07) is -0.101. The van der Waals surface area contributed by atoms with E-state index in [1.807, 2.05) is 40.2 Å². The van der Waals surface area contributed by atoms with Gasteiger partial charge in [0.1, 0.15) is 5.60 Å². The van der Waals surface area contributed by atoms with Crippen molar-refractivity contribution >= 4 is 6.09 Å². The summed E-state index contributed by atoms with van der Waals surface area (Å²) < 4.78 is 7.38. The molecule has 0 aromatic carbocycles. The lowest BCUT2D eigenvalue weighted by Gasteiger charge is -2.22. The Labute approximate surface area is 114 Å². The van der Waals surface area contributed by atoms with Gasteiger partial charge in [-0.15, -0.1) is 0 Å². The molecule has 5 heteroatoms. The maximum Gasteiger partial charge on any atom is 0.408 e. The maximum atomic E-state index is 11.7. The van der Waals surface area contributed by atoms with Crippen LogP contribution in [0, 0.1) is 5.92 Å². The van der Waals surface area contributed by atoms with Crippen molar-refractivity contribution < 1.29 is 9.53 Å². The first kappa shape index (κ1) is 13.9. The second-order valence-electron chi connectivity index (χ2n) is 6.28. The van der Waals surface area contributed by atoms with Crippen LogP contribution < -0.4 is 5.32 Å². The van der Waals surface area contributed by atoms with E-state index in [-0.39, 0.29) is 12.1 Å². The van der Waals surface area contributed by atoms with Crippen molar-refractivity contribution in [2.45, 2.75) is 58.7 Å². The highest BCUT2D eigenvalue weighted by Gasteiger charge is 2.24. The molecule has 1 amide bonds. The normalized spacial score (nSPS) is 17.1. The molecule has 0 unspecified atom stereocenters. The van der Waals surface area contributed by atoms with Gasteiger partial charge in [0, 0.05) is 6.54 Å². The Bertz CT molecular complexity index is 444. The maximum absolute atomic E-state index is 11.7. The quantitative estimate of drug-likeness (QED) is 0.910. The number of carbonyl (C=O) groups is 1. The fourth-order valence-corrected chi connectivity index (χ4v) is 1.98. The molecule has 0 saturated heterocycles. The Morgan fingerprint density at radius 1 is 1.58 bits per heavy atom. The minimum atomic E-state index is -0.474. The summed E-state index contributed by atoms with van der Waals surface area (Å²) >= 11 is 0. The Hall–Kier alpha value is -1.52. The number of ether oxygens (including phenoxy) is 1. The second-order valence-corrected chi connectivity index (χ2v) is 6.28. The van der Waals surface area contributed by atoms with Gasteiger partial charge in [-0.25, -0.2) is 9.78 Å². The van der Waals surface area contributed by atoms with Gasteiger partial charge in [0.15, 0.2) is 0 Å². The third kappa shape index (κ3) is 4.26. The van der Waals surface area contributed by atoms with Gasteiger partial charge in [0.05, 0.1) is 24.3 Å². The number of aromatic nitrogens is 2. The minimum absolute atomic E-state index is 0.101. The molecular formula is C14H23N3O2. The number of alkyl carbamates (subject to hydrolysis) is 1. The lowest BCUT2D eigenvalue weighted by Crippen LogP contribution is -2.34. The highest BCUT2D eigenvalue weighted by atomic mass is 16.6. The van der Waals surface area contributed by atoms with Gasteiger partial charge in [-0.3, -0.25) is 0 Å². The van der Waals surface area contributed by atoms with Crippen LogP contribution in [0.5, 0.6) is 0 Å². The zero-order chi connectivity index (χ0) is 14.0. The fraction of sp³-hybridized carbons (Fsp3) is 0.714. The second kappa shape index (κ2) is 5.23. The molecule has 1 aromatic heterocycles. The summed E-state index contributed by atoms with van der Waals surface area (Å²) in [5.74, 6) is 0.779. The van der Waals surface area contributed by atoms with Crippen LogP contribution in [0.1, 0.15) is 52.3 Å². The van der Waals surface area contributed by atoms with Gasteiger partial charge in [-0.05, 0) is 46.5 Å². The van der Waals surface area contributed by atoms with Gasteiger partial charge in [-0.2, -0.15) is 0 Å². The van der Waals surface area contributed by atoms with Gasteiger partial charge >= 0.3 is 6.09 Å². The van der Waals surface area contributed by atoms with Crippen LogP contribution >= 0.6 is 0 Å². The topological polar surface area (TPSA) is 56.1 Å². The molecule has 2 rings (SSSR count). The highest BCUT2D eigenvalue weighted by Crippen LogP contribution is 2.31. The van der Waals surface area contributed by atoms with Gasteiger partial charge < -0.3 is 14.6 Å². The average Bonchev–Trinajstić information content (AvgIpc) is 2.91. The van der Waals surface area contributed by atoms with E-state index in [4.69, 9.17) is 4.74 Å². The van der Waals surface area contributed by atoms with Crippen LogP contribution in [0.3, 0.4) is 0 Å². The number of nitrogens with one attached hydrogen (secondary N) is 1. The van der Waals surface area contributed by atoms with Crippen molar-refractivity contribution in [3.63, 3.8) is 0 Å². The molecule has 106 valence electrons. The number of hydrogen-bond acceptors (Lipinski definition) is 3. The zero-order valence-corrected chi connectivity index (χ0v) is 12.1. The van der Waals surface area contributed by atoms with E-state index in [2.05, 4.69) is 14.9 Å². The molecule has 1 aromatic rings. The molecule has 1 N–H and O–H groups in total. The third-order valence-electron chi connectivity index (χ3n) is 3.07. The van der Waals surface area contributed by atoms with Crippen molar-refractivity contribution in [1.82, 2.24) is 14.9 Å². The van der Waals surface area contributed by atoms with Gasteiger partial charge in [-0.1, -0.05) is 0 Å². The molecule has 1 heterocycles. The first-order valence-electron chi connectivity index (χ1n) is 6.84. The predicted molar refractivity (Wildman–Crippen MR) is 72.7 cm³/mol. The van der Waals surface area contributed by atoms with E-state index in [9.17, 15) is 4.79 Å². The van der Waals surface area contributed by atoms with Gasteiger partial charge in [0.25, 0.3) is 0 Å². The summed E-state index contributed by atoms with van der Waals surface area (Å²) in [5, 5.41) is 2.85. The number of rotatable bonds is 4. The van der Waals surface area contributed by atoms with Crippen LogP contribution in [0.25, 0.3) is 0 Å². The van der Waals surface area contributed by atoms with E-state index in [0.29, 0.717) is 0 Å². The standard InChI is InChI=1S/C14H23N3O2/c1-10(16-13(18)19-14(2,3)4)12-7-15-9-17(12)8-11-5-6-11/h7,9-11H,5-6,8H2,1-4H3,(H,16,18)/t10-/m1/s1. The number of amides is 1. The average molecular weight is 265 g/mol. The molecule has 1 aliphatic carbocycles. The molecule has 19 heavy (non-hydrogen) atoms. The molecule has 1 atom stereocenters. The number of carbonyl (C=O) groups excluding carboxylic acids is 1. The largest absolute Gasteiger partial charge is 0.444 e. The van der Waals surface area contributed by atoms with Crippen LogP contribution in [0.4, 0.5) is 4.79 Å². The SMILES string of the molecule is C[C@@H](NC(=O)OC(C)(C)C)c1cncn1CC1CC1. The molecule has 0 aliphatic heterocycles. The Kier molecular flexibility index (Phi) is 3.83. The lowest BCUT2D eigenvalue weighted by atomic mass is 10.2. The smallest absolute Gasteiger partial charge is 0.408 e. The summed E-state index contributed by atoms with van der Waals surface area (Å²) in [5.41, 5.74) is 0.552. The lowest BCUT2D eigenvalue weighted by molar-refractivity contribution is 0.0506. The summed E-state index contributed by atoms with van der Waals surface area (Å²) in [7, 11) is 0. The van der Waals surface area contributed by atoms with E-state index in [0.717, 1.165) is 18.2 Å². The van der Waals surface area contributed by atoms with Gasteiger partial charge in [0.2, 0.25) is 0 Å². The van der Waals surface area contributed by atoms with Crippen LogP contribution in [-0.2, 0) is 11.3 Å². The molecule has 0 radical (unpaired) electrons. The highest BCUT2D eigenvalue weighted by molar-refractivity contribution is 5.68. The van der Waals surface area contributed by atoms with Crippen LogP contribution in [-0.4, -0.2) is 21.2 Å². The van der Waals surface area contributed by atoms with E-state index >= 15 is 0 Å². The minimum Gasteiger partial charge on any atom is -0.444 e. The van der Waals surface area contributed by atoms with Crippen molar-refractivity contribution in [2.75, 3.05) is 0 Å². The summed E-state index contributed by atoms with van der Waals surface area (Å²) in [6.45, 7) is 8.51. The predicted octanol–water partition coefficient (Wildman–Crippen LogP) is 2.88. The third-order valence-corrected chi connectivity index (χ3v) is 3.07. The Morgan fingerprint density at radius 3 is 2.84 bits per heavy atom. The Balaban J connectivity index is 1.93. The molecule has 1 fully saturated rings. The van der Waals surface area contributed by atoms with Crippen LogP contribution in [0.2, 0.25) is 0 Å². The van der Waals surface area contributed by atoms with Crippen molar-refractivity contribution in [3.05, 3.63) is 18.2 Å². The number of nitrogens with zero attached hydrogens (tertiary/aromatic N) is 2. The molecule has 5 nitrogen and oxygen atoms in total. The summed E-state index contributed by atoms with van der Waals surface area (Å²) in [4.78, 5) is 15.9. The molecule has 1 aliphatic rings. The molecule has 1 saturated carbocycles. The Morgan fingerprint density at radius 2 is 2.26 bits per heavy atom. The number of imidazole rings is 1. The van der Waals surface area contributed by atoms with E-state index in [1.54, 1.807) is 0 Å². The zero-order valence-electron chi connectivity index (χ0n) is 12.1. The molecular weight excluding hydrogens is 242 g/mol. The van der Waals surface area contributed by atoms with E-state index < -0.39 is 5.60 Å².